The molecule has 0 spiro atoms. The van der Waals surface area contributed by atoms with E-state index in [4.69, 9.17) is 4.55 Å². The van der Waals surface area contributed by atoms with Crippen LogP contribution in [0.4, 0.5) is 0 Å². The van der Waals surface area contributed by atoms with E-state index in [1.807, 2.05) is 0 Å². The number of carbonyl (C=O) groups excluding carboxylic acids is 3. The number of aliphatic hydroxyl groups is 1. The molecule has 1 aliphatic heterocycles. The molecule has 1 saturated heterocycles. The highest BCUT2D eigenvalue weighted by atomic mass is 32.2. The van der Waals surface area contributed by atoms with Crippen LogP contribution in [0.1, 0.15) is 18.9 Å². The molecule has 2 N–H and O–H groups in total. The van der Waals surface area contributed by atoms with Crippen molar-refractivity contribution < 1.29 is 37.3 Å². The number of hydrogen-bond acceptors (Lipinski definition) is 7. The minimum atomic E-state index is -4.81. The molecule has 1 aromatic carbocycles. The molecule has 0 aromatic heterocycles. The summed E-state index contributed by atoms with van der Waals surface area (Å²) in [6.07, 6.45) is -0.849. The molecule has 2 unspecified atom stereocenters. The van der Waals surface area contributed by atoms with Gasteiger partial charge in [0.1, 0.15) is 0 Å². The van der Waals surface area contributed by atoms with Gasteiger partial charge in [0, 0.05) is 0 Å². The summed E-state index contributed by atoms with van der Waals surface area (Å²) in [4.78, 5) is 40.0. The molecule has 1 heterocycles. The fourth-order valence-electron chi connectivity index (χ4n) is 1.96. The summed E-state index contributed by atoms with van der Waals surface area (Å²) in [6.45, 7) is 1.09. The number of imide groups is 1. The third kappa shape index (κ3) is 3.23. The molecule has 2 atom stereocenters. The van der Waals surface area contributed by atoms with Crippen LogP contribution in [0.2, 0.25) is 0 Å². The second kappa shape index (κ2) is 5.72. The SMILES string of the molecule is CC(O)(C(=O)ON1C(=O)CC(S(=O)(=O)O)C1=O)c1ccccc1. The molecule has 0 radical (unpaired) electrons. The summed E-state index contributed by atoms with van der Waals surface area (Å²) in [5.41, 5.74) is -2.02. The highest BCUT2D eigenvalue weighted by Gasteiger charge is 2.50. The Balaban J connectivity index is 2.21. The molecule has 1 aliphatic rings. The van der Waals surface area contributed by atoms with Crippen LogP contribution < -0.4 is 0 Å². The second-order valence-corrected chi connectivity index (χ2v) is 6.65. The summed E-state index contributed by atoms with van der Waals surface area (Å²) >= 11 is 0. The zero-order valence-electron chi connectivity index (χ0n) is 11.9. The van der Waals surface area contributed by atoms with Crippen molar-refractivity contribution in [2.24, 2.45) is 0 Å². The van der Waals surface area contributed by atoms with E-state index < -0.39 is 45.2 Å². The molecule has 23 heavy (non-hydrogen) atoms. The van der Waals surface area contributed by atoms with Crippen LogP contribution in [0.25, 0.3) is 0 Å². The Bertz CT molecular complexity index is 755. The van der Waals surface area contributed by atoms with Crippen molar-refractivity contribution in [3.05, 3.63) is 35.9 Å². The van der Waals surface area contributed by atoms with Gasteiger partial charge in [-0.15, -0.1) is 5.06 Å². The van der Waals surface area contributed by atoms with Gasteiger partial charge in [0.05, 0.1) is 6.42 Å². The summed E-state index contributed by atoms with van der Waals surface area (Å²) < 4.78 is 30.9. The number of hydroxylamine groups is 2. The van der Waals surface area contributed by atoms with Gasteiger partial charge in [-0.1, -0.05) is 30.3 Å². The van der Waals surface area contributed by atoms with E-state index in [1.165, 1.54) is 12.1 Å². The van der Waals surface area contributed by atoms with Gasteiger partial charge >= 0.3 is 5.97 Å². The molecule has 9 nitrogen and oxygen atoms in total. The van der Waals surface area contributed by atoms with Crippen molar-refractivity contribution in [1.82, 2.24) is 5.06 Å². The Morgan fingerprint density at radius 2 is 1.87 bits per heavy atom. The zero-order chi connectivity index (χ0) is 17.4. The van der Waals surface area contributed by atoms with Crippen molar-refractivity contribution in [3.63, 3.8) is 0 Å². The van der Waals surface area contributed by atoms with Crippen LogP contribution >= 0.6 is 0 Å². The first-order valence-corrected chi connectivity index (χ1v) is 7.89. The smallest absolute Gasteiger partial charge is 0.368 e. The third-order valence-corrected chi connectivity index (χ3v) is 4.42. The largest absolute Gasteiger partial charge is 0.374 e. The Morgan fingerprint density at radius 1 is 1.30 bits per heavy atom. The molecule has 1 aromatic rings. The first-order chi connectivity index (χ1) is 10.5. The number of benzene rings is 1. The molecular formula is C13H13NO8S. The van der Waals surface area contributed by atoms with Gasteiger partial charge in [-0.2, -0.15) is 8.42 Å². The molecule has 1 fully saturated rings. The lowest BCUT2D eigenvalue weighted by Gasteiger charge is -2.23. The van der Waals surface area contributed by atoms with Crippen LogP contribution in [-0.2, 0) is 34.9 Å². The van der Waals surface area contributed by atoms with Crippen molar-refractivity contribution in [3.8, 4) is 0 Å². The first kappa shape index (κ1) is 17.1. The number of carbonyl (C=O) groups is 3. The van der Waals surface area contributed by atoms with Crippen LogP contribution in [0, 0.1) is 0 Å². The van der Waals surface area contributed by atoms with E-state index in [-0.39, 0.29) is 10.6 Å². The molecule has 2 amide bonds. The standard InChI is InChI=1S/C13H13NO8S/c1-13(18,8-5-3-2-4-6-8)12(17)22-14-10(15)7-9(11(14)16)23(19,20)21/h2-6,9,18H,7H2,1H3,(H,19,20,21). The van der Waals surface area contributed by atoms with Crippen molar-refractivity contribution in [2.45, 2.75) is 24.2 Å². The number of amides is 2. The van der Waals surface area contributed by atoms with Crippen molar-refractivity contribution in [1.29, 1.82) is 0 Å². The third-order valence-electron chi connectivity index (χ3n) is 3.33. The van der Waals surface area contributed by atoms with Crippen LogP contribution in [0.3, 0.4) is 0 Å². The van der Waals surface area contributed by atoms with E-state index in [2.05, 4.69) is 4.84 Å². The lowest BCUT2D eigenvalue weighted by atomic mass is 9.96. The highest BCUT2D eigenvalue weighted by Crippen LogP contribution is 2.25. The van der Waals surface area contributed by atoms with Gasteiger partial charge in [-0.3, -0.25) is 14.1 Å². The van der Waals surface area contributed by atoms with Crippen molar-refractivity contribution >= 4 is 27.9 Å². The molecule has 0 saturated carbocycles. The van der Waals surface area contributed by atoms with Crippen LogP contribution in [-0.4, -0.2) is 46.2 Å². The highest BCUT2D eigenvalue weighted by molar-refractivity contribution is 7.87. The van der Waals surface area contributed by atoms with Gasteiger partial charge in [0.25, 0.3) is 21.9 Å². The maximum Gasteiger partial charge on any atom is 0.368 e. The monoisotopic (exact) mass is 343 g/mol. The summed E-state index contributed by atoms with van der Waals surface area (Å²) in [5.74, 6) is -3.86. The van der Waals surface area contributed by atoms with Crippen LogP contribution in [0.15, 0.2) is 30.3 Å². The number of hydrogen-bond donors (Lipinski definition) is 2. The normalized spacial score (nSPS) is 21.2. The van der Waals surface area contributed by atoms with Crippen LogP contribution in [0.5, 0.6) is 0 Å². The molecule has 124 valence electrons. The lowest BCUT2D eigenvalue weighted by molar-refractivity contribution is -0.210. The van der Waals surface area contributed by atoms with Gasteiger partial charge in [0.15, 0.2) is 10.9 Å². The Morgan fingerprint density at radius 3 is 2.35 bits per heavy atom. The Labute approximate surface area is 131 Å². The first-order valence-electron chi connectivity index (χ1n) is 6.38. The second-order valence-electron chi connectivity index (χ2n) is 5.05. The number of nitrogens with zero attached hydrogens (tertiary/aromatic N) is 1. The van der Waals surface area contributed by atoms with Gasteiger partial charge in [0.2, 0.25) is 0 Å². The van der Waals surface area contributed by atoms with Gasteiger partial charge in [-0.05, 0) is 12.5 Å². The van der Waals surface area contributed by atoms with Crippen molar-refractivity contribution in [2.75, 3.05) is 0 Å². The lowest BCUT2D eigenvalue weighted by Crippen LogP contribution is -2.42. The Hall–Kier alpha value is -2.30. The van der Waals surface area contributed by atoms with E-state index >= 15 is 0 Å². The zero-order valence-corrected chi connectivity index (χ0v) is 12.7. The minimum Gasteiger partial charge on any atom is -0.374 e. The average molecular weight is 343 g/mol. The van der Waals surface area contributed by atoms with E-state index in [0.717, 1.165) is 6.92 Å². The van der Waals surface area contributed by atoms with E-state index in [1.54, 1.807) is 18.2 Å². The predicted octanol–water partition coefficient (Wildman–Crippen LogP) is -0.632. The predicted molar refractivity (Wildman–Crippen MR) is 73.9 cm³/mol. The topological polar surface area (TPSA) is 138 Å². The van der Waals surface area contributed by atoms with E-state index in [0.29, 0.717) is 0 Å². The maximum absolute atomic E-state index is 12.0. The summed E-state index contributed by atoms with van der Waals surface area (Å²) in [6, 6.07) is 7.61. The quantitative estimate of drug-likeness (QED) is 0.544. The fraction of sp³-hybridized carbons (Fsp3) is 0.308. The fourth-order valence-corrected chi connectivity index (χ4v) is 2.67. The molecule has 0 aliphatic carbocycles. The Kier molecular flexibility index (Phi) is 4.24. The molecular weight excluding hydrogens is 330 g/mol. The minimum absolute atomic E-state index is 0.0574. The molecule has 10 heteroatoms. The maximum atomic E-state index is 12.0. The summed E-state index contributed by atoms with van der Waals surface area (Å²) in [7, 11) is -4.81. The van der Waals surface area contributed by atoms with E-state index in [9.17, 15) is 27.9 Å². The van der Waals surface area contributed by atoms with Gasteiger partial charge in [-0.25, -0.2) is 4.79 Å². The molecule has 0 bridgehead atoms. The van der Waals surface area contributed by atoms with Gasteiger partial charge < -0.3 is 9.94 Å². The summed E-state index contributed by atoms with van der Waals surface area (Å²) in [5, 5.41) is 8.14. The average Bonchev–Trinajstić information content (AvgIpc) is 2.76. The molecule has 2 rings (SSSR count). The number of rotatable bonds is 4.